The van der Waals surface area contributed by atoms with Crippen molar-refractivity contribution in [3.8, 4) is 0 Å². The van der Waals surface area contributed by atoms with Crippen molar-refractivity contribution in [3.63, 3.8) is 0 Å². The Morgan fingerprint density at radius 1 is 0.792 bits per heavy atom. The van der Waals surface area contributed by atoms with E-state index in [1.807, 2.05) is 0 Å². The zero-order valence-corrected chi connectivity index (χ0v) is 11.2. The number of aliphatic hydroxyl groups excluding tert-OH is 1. The minimum Gasteiger partial charge on any atom is -0.391 e. The summed E-state index contributed by atoms with van der Waals surface area (Å²) in [4.78, 5) is 0. The van der Waals surface area contributed by atoms with E-state index in [0.717, 1.165) is 0 Å². The summed E-state index contributed by atoms with van der Waals surface area (Å²) in [6.45, 7) is -1.22. The first-order valence-electron chi connectivity index (χ1n) is 5.62. The molecule has 1 unspecified atom stereocenters. The standard InChI is InChI=1S/C10H9F12O2/c1-4(23)2-24-3-6(13,14)8(17,18)10(21,22)9(19,20)7(15,16)5(11)12/h4-5,23H,1-3H2. The van der Waals surface area contributed by atoms with Crippen molar-refractivity contribution in [2.75, 3.05) is 13.2 Å². The van der Waals surface area contributed by atoms with Crippen LogP contribution in [0.25, 0.3) is 0 Å². The molecule has 24 heavy (non-hydrogen) atoms. The third-order valence-corrected chi connectivity index (χ3v) is 2.53. The quantitative estimate of drug-likeness (QED) is 0.611. The van der Waals surface area contributed by atoms with Gasteiger partial charge in [-0.3, -0.25) is 0 Å². The molecule has 0 aliphatic rings. The minimum atomic E-state index is -7.57. The van der Waals surface area contributed by atoms with Crippen molar-refractivity contribution < 1.29 is 62.5 Å². The number of ether oxygens (including phenoxy) is 1. The Kier molecular flexibility index (Phi) is 6.51. The smallest absolute Gasteiger partial charge is 0.384 e. The van der Waals surface area contributed by atoms with Crippen molar-refractivity contribution in [2.45, 2.75) is 42.1 Å². The zero-order valence-electron chi connectivity index (χ0n) is 11.2. The zero-order chi connectivity index (χ0) is 19.8. The second-order valence-corrected chi connectivity index (χ2v) is 4.52. The summed E-state index contributed by atoms with van der Waals surface area (Å²) in [7, 11) is 0. The molecule has 145 valence electrons. The van der Waals surface area contributed by atoms with Crippen LogP contribution in [0.2, 0.25) is 0 Å². The van der Waals surface area contributed by atoms with Gasteiger partial charge in [-0.25, -0.2) is 8.78 Å². The van der Waals surface area contributed by atoms with Gasteiger partial charge in [0.1, 0.15) is 6.61 Å². The van der Waals surface area contributed by atoms with Crippen LogP contribution in [0.15, 0.2) is 0 Å². The first-order valence-corrected chi connectivity index (χ1v) is 5.62. The summed E-state index contributed by atoms with van der Waals surface area (Å²) in [5.74, 6) is -35.5. The summed E-state index contributed by atoms with van der Waals surface area (Å²) in [6, 6.07) is 0. The van der Waals surface area contributed by atoms with Crippen molar-refractivity contribution in [1.82, 2.24) is 0 Å². The van der Waals surface area contributed by atoms with Crippen LogP contribution in [0.4, 0.5) is 52.7 Å². The molecule has 2 nitrogen and oxygen atoms in total. The van der Waals surface area contributed by atoms with Gasteiger partial charge in [-0.1, -0.05) is 0 Å². The van der Waals surface area contributed by atoms with E-state index < -0.39 is 55.4 Å². The molecule has 0 fully saturated rings. The van der Waals surface area contributed by atoms with Gasteiger partial charge < -0.3 is 9.84 Å². The molecule has 0 saturated carbocycles. The first kappa shape index (κ1) is 23.1. The van der Waals surface area contributed by atoms with Gasteiger partial charge in [0.25, 0.3) is 0 Å². The molecule has 0 aliphatic heterocycles. The summed E-state index contributed by atoms with van der Waals surface area (Å²) in [5.41, 5.74) is 0. The summed E-state index contributed by atoms with van der Waals surface area (Å²) in [5, 5.41) is 8.49. The van der Waals surface area contributed by atoms with E-state index in [1.54, 1.807) is 0 Å². The van der Waals surface area contributed by atoms with Gasteiger partial charge in [0.15, 0.2) is 0 Å². The van der Waals surface area contributed by atoms with Gasteiger partial charge in [-0.05, 0) is 6.92 Å². The summed E-state index contributed by atoms with van der Waals surface area (Å²) < 4.78 is 156. The molecule has 1 N–H and O–H groups in total. The lowest BCUT2D eigenvalue weighted by molar-refractivity contribution is -0.415. The highest BCUT2D eigenvalue weighted by atomic mass is 19.4. The predicted octanol–water partition coefficient (Wildman–Crippen LogP) is 3.64. The predicted molar refractivity (Wildman–Crippen MR) is 52.9 cm³/mol. The van der Waals surface area contributed by atoms with Gasteiger partial charge in [-0.15, -0.1) is 0 Å². The fraction of sp³-hybridized carbons (Fsp3) is 0.900. The molecule has 1 atom stereocenters. The van der Waals surface area contributed by atoms with Crippen LogP contribution in [-0.4, -0.2) is 60.5 Å². The van der Waals surface area contributed by atoms with Gasteiger partial charge in [0.2, 0.25) is 0 Å². The Hall–Kier alpha value is -0.920. The van der Waals surface area contributed by atoms with Crippen LogP contribution in [0, 0.1) is 6.92 Å². The van der Waals surface area contributed by atoms with E-state index in [0.29, 0.717) is 0 Å². The van der Waals surface area contributed by atoms with E-state index in [9.17, 15) is 52.7 Å². The molecule has 14 heteroatoms. The van der Waals surface area contributed by atoms with E-state index >= 15 is 0 Å². The van der Waals surface area contributed by atoms with Crippen LogP contribution >= 0.6 is 0 Å². The number of aliphatic hydroxyl groups is 1. The summed E-state index contributed by atoms with van der Waals surface area (Å²) >= 11 is 0. The Bertz CT molecular complexity index is 420. The van der Waals surface area contributed by atoms with E-state index in [1.165, 1.54) is 0 Å². The second kappa shape index (κ2) is 6.77. The van der Waals surface area contributed by atoms with Crippen LogP contribution in [0.5, 0.6) is 0 Å². The van der Waals surface area contributed by atoms with E-state index in [2.05, 4.69) is 11.7 Å². The number of rotatable bonds is 9. The van der Waals surface area contributed by atoms with Crippen molar-refractivity contribution in [2.24, 2.45) is 0 Å². The maximum absolute atomic E-state index is 13.1. The maximum Gasteiger partial charge on any atom is 0.384 e. The van der Waals surface area contributed by atoms with Crippen molar-refractivity contribution >= 4 is 0 Å². The number of halogens is 12. The number of alkyl halides is 12. The van der Waals surface area contributed by atoms with Crippen LogP contribution in [0.3, 0.4) is 0 Å². The third-order valence-electron chi connectivity index (χ3n) is 2.53. The van der Waals surface area contributed by atoms with E-state index in [4.69, 9.17) is 5.11 Å². The van der Waals surface area contributed by atoms with E-state index in [-0.39, 0.29) is 0 Å². The largest absolute Gasteiger partial charge is 0.391 e. The molecule has 0 bridgehead atoms. The maximum atomic E-state index is 13.1. The second-order valence-electron chi connectivity index (χ2n) is 4.52. The van der Waals surface area contributed by atoms with Gasteiger partial charge >= 0.3 is 36.0 Å². The Labute approximate surface area is 126 Å². The van der Waals surface area contributed by atoms with Crippen LogP contribution in [-0.2, 0) is 4.74 Å². The highest BCUT2D eigenvalue weighted by Gasteiger charge is 2.87. The topological polar surface area (TPSA) is 29.5 Å². The fourth-order valence-electron chi connectivity index (χ4n) is 1.19. The molecule has 0 rings (SSSR count). The molecule has 0 spiro atoms. The number of hydrogen-bond acceptors (Lipinski definition) is 2. The Morgan fingerprint density at radius 2 is 1.21 bits per heavy atom. The number of hydrogen-bond donors (Lipinski definition) is 1. The molecule has 0 aliphatic carbocycles. The molecule has 0 aromatic rings. The molecular formula is C10H9F12O2. The lowest BCUT2D eigenvalue weighted by Gasteiger charge is -2.39. The Morgan fingerprint density at radius 3 is 1.54 bits per heavy atom. The Balaban J connectivity index is 5.72. The average molecular weight is 389 g/mol. The molecular weight excluding hydrogens is 380 g/mol. The lowest BCUT2D eigenvalue weighted by Crippen LogP contribution is -2.69. The van der Waals surface area contributed by atoms with Gasteiger partial charge in [0.05, 0.1) is 12.7 Å². The highest BCUT2D eigenvalue weighted by Crippen LogP contribution is 2.58. The lowest BCUT2D eigenvalue weighted by atomic mass is 9.94. The first-order chi connectivity index (χ1) is 10.4. The fourth-order valence-corrected chi connectivity index (χ4v) is 1.19. The van der Waals surface area contributed by atoms with Gasteiger partial charge in [0, 0.05) is 0 Å². The molecule has 0 amide bonds. The van der Waals surface area contributed by atoms with Crippen LogP contribution < -0.4 is 0 Å². The SMILES string of the molecule is [CH2]C(O)COCC(F)(F)C(F)(F)C(F)(F)C(F)(F)C(F)(F)C(F)F. The molecule has 0 saturated heterocycles. The monoisotopic (exact) mass is 389 g/mol. The van der Waals surface area contributed by atoms with Crippen LogP contribution in [0.1, 0.15) is 0 Å². The van der Waals surface area contributed by atoms with Crippen molar-refractivity contribution in [1.29, 1.82) is 0 Å². The summed E-state index contributed by atoms with van der Waals surface area (Å²) in [6.07, 6.45) is -7.33. The average Bonchev–Trinajstić information content (AvgIpc) is 2.36. The minimum absolute atomic E-state index is 1.22. The highest BCUT2D eigenvalue weighted by molar-refractivity contribution is 5.09. The molecule has 1 radical (unpaired) electrons. The third kappa shape index (κ3) is 3.68. The van der Waals surface area contributed by atoms with Crippen molar-refractivity contribution in [3.05, 3.63) is 6.92 Å². The normalized spacial score (nSPS) is 16.6. The van der Waals surface area contributed by atoms with Gasteiger partial charge in [-0.2, -0.15) is 43.9 Å². The molecule has 0 heterocycles. The molecule has 0 aromatic carbocycles. The molecule has 0 aromatic heterocycles.